The lowest BCUT2D eigenvalue weighted by atomic mass is 9.84. The van der Waals surface area contributed by atoms with Crippen LogP contribution in [0.4, 0.5) is 34.6 Å². The quantitative estimate of drug-likeness (QED) is 0.163. The van der Waals surface area contributed by atoms with E-state index in [1.54, 1.807) is 13.8 Å². The van der Waals surface area contributed by atoms with Crippen LogP contribution in [0.3, 0.4) is 0 Å². The number of aliphatic hydroxyl groups excluding tert-OH is 1. The fraction of sp³-hybridized carbons (Fsp3) is 0.306. The summed E-state index contributed by atoms with van der Waals surface area (Å²) in [6, 6.07) is 19.7. The van der Waals surface area contributed by atoms with Gasteiger partial charge in [0.15, 0.2) is 5.60 Å². The summed E-state index contributed by atoms with van der Waals surface area (Å²) in [4.78, 5) is 20.7. The first kappa shape index (κ1) is 35.4. The molecule has 6 rings (SSSR count). The van der Waals surface area contributed by atoms with Gasteiger partial charge in [0.1, 0.15) is 23.7 Å². The van der Waals surface area contributed by atoms with Gasteiger partial charge in [0.05, 0.1) is 18.6 Å². The van der Waals surface area contributed by atoms with Crippen molar-refractivity contribution in [2.24, 2.45) is 5.92 Å². The number of carbonyl (C=O) groups is 1. The van der Waals surface area contributed by atoms with Gasteiger partial charge in [-0.1, -0.05) is 25.1 Å². The molecule has 3 heterocycles. The lowest BCUT2D eigenvalue weighted by Gasteiger charge is -2.37. The summed E-state index contributed by atoms with van der Waals surface area (Å²) in [6.45, 7) is 5.38. The number of carbonyl (C=O) groups excluding carboxylic acids is 1. The lowest BCUT2D eigenvalue weighted by Crippen LogP contribution is -2.48. The number of alkyl halides is 2. The highest BCUT2D eigenvalue weighted by atomic mass is 19.3. The van der Waals surface area contributed by atoms with Crippen molar-refractivity contribution in [3.8, 4) is 11.1 Å². The standard InChI is InChI=1S/C36H36F4N8O3/c1-23(24(2)49)34(50)43-28-7-11-30(12-8-28)47-17-15-46(16-18-47)29-9-3-25(4-10-29)26-5-14-33(41-20-26)36(39,40)35(51,21-48-22-42-44-45-48)31-13-6-27(37)19-32(31)38/h3-14,19-20,22-24,49,51H,15-18,21H2,1-2H3,(H,43,50). The van der Waals surface area contributed by atoms with Crippen LogP contribution in [0, 0.1) is 17.6 Å². The van der Waals surface area contributed by atoms with Crippen LogP contribution < -0.4 is 15.1 Å². The van der Waals surface area contributed by atoms with Crippen LogP contribution in [0.5, 0.6) is 0 Å². The highest BCUT2D eigenvalue weighted by Crippen LogP contribution is 2.47. The van der Waals surface area contributed by atoms with Crippen LogP contribution in [0.15, 0.2) is 91.4 Å². The number of aliphatic hydroxyl groups is 2. The molecule has 1 aliphatic heterocycles. The van der Waals surface area contributed by atoms with Gasteiger partial charge >= 0.3 is 5.92 Å². The molecule has 3 atom stereocenters. The Morgan fingerprint density at radius 2 is 1.49 bits per heavy atom. The number of nitrogens with one attached hydrogen (secondary N) is 1. The zero-order valence-corrected chi connectivity index (χ0v) is 27.8. The van der Waals surface area contributed by atoms with Gasteiger partial charge in [-0.3, -0.25) is 9.78 Å². The maximum absolute atomic E-state index is 16.1. The van der Waals surface area contributed by atoms with Crippen molar-refractivity contribution in [2.45, 2.75) is 38.0 Å². The Bertz CT molecular complexity index is 1940. The number of hydrogen-bond acceptors (Lipinski definition) is 9. The van der Waals surface area contributed by atoms with Crippen molar-refractivity contribution >= 4 is 23.0 Å². The summed E-state index contributed by atoms with van der Waals surface area (Å²) in [6.07, 6.45) is 1.50. The lowest BCUT2D eigenvalue weighted by molar-refractivity contribution is -0.207. The zero-order chi connectivity index (χ0) is 36.3. The number of amides is 1. The van der Waals surface area contributed by atoms with E-state index in [1.165, 1.54) is 12.3 Å². The Hall–Kier alpha value is -5.41. The molecule has 0 saturated carbocycles. The molecule has 2 aromatic heterocycles. The van der Waals surface area contributed by atoms with Crippen LogP contribution >= 0.6 is 0 Å². The van der Waals surface area contributed by atoms with Crippen molar-refractivity contribution in [2.75, 3.05) is 41.3 Å². The molecule has 1 saturated heterocycles. The highest BCUT2D eigenvalue weighted by molar-refractivity contribution is 5.92. The zero-order valence-electron chi connectivity index (χ0n) is 27.8. The van der Waals surface area contributed by atoms with Crippen LogP contribution in [-0.2, 0) is 22.9 Å². The summed E-state index contributed by atoms with van der Waals surface area (Å²) in [7, 11) is 0. The number of pyridine rings is 1. The van der Waals surface area contributed by atoms with Gasteiger partial charge in [0.25, 0.3) is 0 Å². The van der Waals surface area contributed by atoms with Crippen molar-refractivity contribution in [3.63, 3.8) is 0 Å². The van der Waals surface area contributed by atoms with Crippen molar-refractivity contribution < 1.29 is 32.6 Å². The Kier molecular flexibility index (Phi) is 10.0. The highest BCUT2D eigenvalue weighted by Gasteiger charge is 2.58. The minimum Gasteiger partial charge on any atom is -0.393 e. The number of halogens is 4. The normalized spacial score (nSPS) is 16.0. The van der Waals surface area contributed by atoms with Crippen LogP contribution in [0.25, 0.3) is 11.1 Å². The maximum Gasteiger partial charge on any atom is 0.323 e. The molecule has 0 spiro atoms. The molecule has 266 valence electrons. The SMILES string of the molecule is CC(O)C(C)C(=O)Nc1ccc(N2CCN(c3ccc(-c4ccc(C(F)(F)C(O)(Cn5cnnn5)c5ccc(F)cc5F)nc4)cc3)CC2)cc1. The molecular weight excluding hydrogens is 668 g/mol. The smallest absolute Gasteiger partial charge is 0.323 e. The molecule has 5 aromatic rings. The molecule has 11 nitrogen and oxygen atoms in total. The average molecular weight is 705 g/mol. The second kappa shape index (κ2) is 14.4. The van der Waals surface area contributed by atoms with E-state index in [9.17, 15) is 23.8 Å². The molecule has 0 bridgehead atoms. The van der Waals surface area contributed by atoms with Gasteiger partial charge in [-0.05, 0) is 77.5 Å². The Morgan fingerprint density at radius 1 is 0.882 bits per heavy atom. The number of nitrogens with zero attached hydrogens (tertiary/aromatic N) is 7. The van der Waals surface area contributed by atoms with Crippen molar-refractivity contribution in [1.29, 1.82) is 0 Å². The van der Waals surface area contributed by atoms with Crippen molar-refractivity contribution in [1.82, 2.24) is 25.2 Å². The third kappa shape index (κ3) is 7.39. The van der Waals surface area contributed by atoms with Crippen LogP contribution in [-0.4, -0.2) is 73.6 Å². The molecule has 3 unspecified atom stereocenters. The average Bonchev–Trinajstić information content (AvgIpc) is 3.64. The number of tetrazole rings is 1. The largest absolute Gasteiger partial charge is 0.393 e. The molecule has 51 heavy (non-hydrogen) atoms. The third-order valence-electron chi connectivity index (χ3n) is 9.25. The van der Waals surface area contributed by atoms with Crippen molar-refractivity contribution in [3.05, 3.63) is 114 Å². The van der Waals surface area contributed by atoms with E-state index >= 15 is 8.78 Å². The predicted molar refractivity (Wildman–Crippen MR) is 182 cm³/mol. The number of benzene rings is 3. The minimum atomic E-state index is -4.15. The molecule has 15 heteroatoms. The predicted octanol–water partition coefficient (Wildman–Crippen LogP) is 4.98. The van der Waals surface area contributed by atoms with E-state index in [1.807, 2.05) is 48.5 Å². The second-order valence-corrected chi connectivity index (χ2v) is 12.6. The molecule has 3 aromatic carbocycles. The topological polar surface area (TPSA) is 133 Å². The van der Waals surface area contributed by atoms with Gasteiger partial charge in [0.2, 0.25) is 5.91 Å². The number of rotatable bonds is 11. The van der Waals surface area contributed by atoms with Crippen LogP contribution in [0.1, 0.15) is 25.1 Å². The Balaban J connectivity index is 1.11. The Labute approximate surface area is 291 Å². The number of piperazine rings is 1. The number of hydrogen-bond donors (Lipinski definition) is 3. The monoisotopic (exact) mass is 704 g/mol. The number of anilines is 3. The molecule has 3 N–H and O–H groups in total. The first-order chi connectivity index (χ1) is 24.4. The third-order valence-corrected chi connectivity index (χ3v) is 9.25. The molecular formula is C36H36F4N8O3. The fourth-order valence-electron chi connectivity index (χ4n) is 5.95. The van der Waals surface area contributed by atoms with E-state index in [-0.39, 0.29) is 5.91 Å². The second-order valence-electron chi connectivity index (χ2n) is 12.6. The van der Waals surface area contributed by atoms with Gasteiger partial charge in [-0.25, -0.2) is 13.5 Å². The van der Waals surface area contributed by atoms with Gasteiger partial charge < -0.3 is 25.3 Å². The molecule has 1 fully saturated rings. The van der Waals surface area contributed by atoms with Gasteiger partial charge in [-0.2, -0.15) is 8.78 Å². The first-order valence-corrected chi connectivity index (χ1v) is 16.3. The fourth-order valence-corrected chi connectivity index (χ4v) is 5.95. The van der Waals surface area contributed by atoms with Crippen LogP contribution in [0.2, 0.25) is 0 Å². The Morgan fingerprint density at radius 3 is 2.02 bits per heavy atom. The molecule has 1 amide bonds. The molecule has 1 aliphatic rings. The van der Waals surface area contributed by atoms with E-state index in [2.05, 4.69) is 35.6 Å². The van der Waals surface area contributed by atoms with E-state index in [0.717, 1.165) is 72.3 Å². The summed E-state index contributed by atoms with van der Waals surface area (Å²) in [5.74, 6) is -7.26. The summed E-state index contributed by atoms with van der Waals surface area (Å²) in [5, 5.41) is 34.2. The van der Waals surface area contributed by atoms with E-state index in [4.69, 9.17) is 0 Å². The summed E-state index contributed by atoms with van der Waals surface area (Å²) in [5.41, 5.74) is -0.930. The summed E-state index contributed by atoms with van der Waals surface area (Å²) < 4.78 is 61.5. The van der Waals surface area contributed by atoms with E-state index in [0.29, 0.717) is 17.3 Å². The number of aromatic nitrogens is 5. The van der Waals surface area contributed by atoms with E-state index < -0.39 is 53.0 Å². The molecule has 0 aliphatic carbocycles. The minimum absolute atomic E-state index is 0.241. The first-order valence-electron chi connectivity index (χ1n) is 16.3. The van der Waals surface area contributed by atoms with Gasteiger partial charge in [-0.15, -0.1) is 5.10 Å². The summed E-state index contributed by atoms with van der Waals surface area (Å²) >= 11 is 0. The van der Waals surface area contributed by atoms with Gasteiger partial charge in [0, 0.05) is 66.6 Å². The maximum atomic E-state index is 16.1. The molecule has 0 radical (unpaired) electrons.